The largest absolute Gasteiger partial charge is 0.444 e. The Morgan fingerprint density at radius 1 is 1.32 bits per heavy atom. The van der Waals surface area contributed by atoms with Crippen molar-refractivity contribution in [2.24, 2.45) is 11.8 Å². The molecular formula is C15H27NO3. The molecule has 0 heterocycles. The number of aliphatic hydroxyl groups excluding tert-OH is 1. The van der Waals surface area contributed by atoms with Gasteiger partial charge in [-0.3, -0.25) is 0 Å². The summed E-state index contributed by atoms with van der Waals surface area (Å²) < 4.78 is 5.21. The normalized spacial score (nSPS) is 24.4. The SMILES string of the molecule is CC(C)(C)OC(=O)NCC1CCC(/C=C/CO)CC1. The number of rotatable bonds is 4. The summed E-state index contributed by atoms with van der Waals surface area (Å²) >= 11 is 0. The van der Waals surface area contributed by atoms with Crippen molar-refractivity contribution in [1.29, 1.82) is 0 Å². The van der Waals surface area contributed by atoms with Gasteiger partial charge in [-0.05, 0) is 58.3 Å². The van der Waals surface area contributed by atoms with Gasteiger partial charge in [0, 0.05) is 6.54 Å². The Hall–Kier alpha value is -1.03. The second-order valence-corrected chi connectivity index (χ2v) is 6.27. The topological polar surface area (TPSA) is 58.6 Å². The molecule has 1 fully saturated rings. The average molecular weight is 269 g/mol. The van der Waals surface area contributed by atoms with Crippen LogP contribution in [0.5, 0.6) is 0 Å². The number of aliphatic hydroxyl groups is 1. The molecule has 1 aliphatic rings. The molecule has 0 spiro atoms. The van der Waals surface area contributed by atoms with Gasteiger partial charge in [-0.15, -0.1) is 0 Å². The third-order valence-electron chi connectivity index (χ3n) is 3.34. The molecule has 1 aliphatic carbocycles. The lowest BCUT2D eigenvalue weighted by molar-refractivity contribution is 0.0514. The van der Waals surface area contributed by atoms with Gasteiger partial charge in [0.05, 0.1) is 6.61 Å². The Kier molecular flexibility index (Phi) is 6.35. The highest BCUT2D eigenvalue weighted by Crippen LogP contribution is 2.29. The molecule has 0 radical (unpaired) electrons. The Labute approximate surface area is 116 Å². The van der Waals surface area contributed by atoms with Crippen LogP contribution in [0.1, 0.15) is 46.5 Å². The van der Waals surface area contributed by atoms with Crippen molar-refractivity contribution >= 4 is 6.09 Å². The molecule has 0 aromatic carbocycles. The number of allylic oxidation sites excluding steroid dienone is 1. The number of hydrogen-bond acceptors (Lipinski definition) is 3. The number of hydrogen-bond donors (Lipinski definition) is 2. The first-order valence-electron chi connectivity index (χ1n) is 7.15. The predicted octanol–water partition coefficient (Wildman–Crippen LogP) is 2.87. The minimum Gasteiger partial charge on any atom is -0.444 e. The summed E-state index contributed by atoms with van der Waals surface area (Å²) in [5.41, 5.74) is -0.434. The molecule has 0 bridgehead atoms. The third-order valence-corrected chi connectivity index (χ3v) is 3.34. The monoisotopic (exact) mass is 269 g/mol. The Morgan fingerprint density at radius 3 is 2.47 bits per heavy atom. The lowest BCUT2D eigenvalue weighted by atomic mass is 9.82. The van der Waals surface area contributed by atoms with Gasteiger partial charge in [0.15, 0.2) is 0 Å². The van der Waals surface area contributed by atoms with Crippen LogP contribution in [0.25, 0.3) is 0 Å². The van der Waals surface area contributed by atoms with Gasteiger partial charge in [-0.1, -0.05) is 12.2 Å². The van der Waals surface area contributed by atoms with E-state index in [2.05, 4.69) is 11.4 Å². The molecule has 1 rings (SSSR count). The van der Waals surface area contributed by atoms with Gasteiger partial charge in [-0.25, -0.2) is 4.79 Å². The average Bonchev–Trinajstić information content (AvgIpc) is 2.33. The first kappa shape index (κ1) is 16.0. The van der Waals surface area contributed by atoms with Crippen LogP contribution in [0.15, 0.2) is 12.2 Å². The first-order chi connectivity index (χ1) is 8.90. The fraction of sp³-hybridized carbons (Fsp3) is 0.800. The van der Waals surface area contributed by atoms with E-state index in [0.717, 1.165) is 25.7 Å². The van der Waals surface area contributed by atoms with Crippen LogP contribution in [-0.2, 0) is 4.74 Å². The Bertz CT molecular complexity index is 299. The van der Waals surface area contributed by atoms with Gasteiger partial charge >= 0.3 is 6.09 Å². The highest BCUT2D eigenvalue weighted by atomic mass is 16.6. The Morgan fingerprint density at radius 2 is 1.95 bits per heavy atom. The fourth-order valence-electron chi connectivity index (χ4n) is 2.38. The molecule has 0 atom stereocenters. The van der Waals surface area contributed by atoms with Crippen LogP contribution in [-0.4, -0.2) is 30.0 Å². The highest BCUT2D eigenvalue weighted by molar-refractivity contribution is 5.67. The molecule has 19 heavy (non-hydrogen) atoms. The molecule has 0 unspecified atom stereocenters. The predicted molar refractivity (Wildman–Crippen MR) is 75.9 cm³/mol. The molecule has 0 aromatic rings. The standard InChI is InChI=1S/C15H27NO3/c1-15(2,3)19-14(18)16-11-13-8-6-12(7-9-13)5-4-10-17/h4-5,12-13,17H,6-11H2,1-3H3,(H,16,18)/b5-4+. The van der Waals surface area contributed by atoms with E-state index >= 15 is 0 Å². The lowest BCUT2D eigenvalue weighted by Gasteiger charge is -2.27. The maximum absolute atomic E-state index is 11.5. The van der Waals surface area contributed by atoms with E-state index in [-0.39, 0.29) is 12.7 Å². The van der Waals surface area contributed by atoms with Crippen molar-refractivity contribution in [3.63, 3.8) is 0 Å². The molecule has 0 saturated heterocycles. The van der Waals surface area contributed by atoms with Crippen LogP contribution in [0.3, 0.4) is 0 Å². The van der Waals surface area contributed by atoms with E-state index in [9.17, 15) is 4.79 Å². The van der Waals surface area contributed by atoms with E-state index in [1.165, 1.54) is 0 Å². The van der Waals surface area contributed by atoms with Crippen molar-refractivity contribution < 1.29 is 14.6 Å². The summed E-state index contributed by atoms with van der Waals surface area (Å²) in [6.07, 6.45) is 8.12. The van der Waals surface area contributed by atoms with E-state index < -0.39 is 5.60 Å². The number of carbonyl (C=O) groups is 1. The van der Waals surface area contributed by atoms with Gasteiger partial charge in [-0.2, -0.15) is 0 Å². The third kappa shape index (κ3) is 7.21. The second kappa shape index (κ2) is 7.53. The Balaban J connectivity index is 2.19. The molecule has 0 aliphatic heterocycles. The molecule has 2 N–H and O–H groups in total. The summed E-state index contributed by atoms with van der Waals surface area (Å²) in [6.45, 7) is 6.42. The van der Waals surface area contributed by atoms with E-state index in [0.29, 0.717) is 18.4 Å². The molecule has 4 heteroatoms. The van der Waals surface area contributed by atoms with Gasteiger partial charge in [0.25, 0.3) is 0 Å². The summed E-state index contributed by atoms with van der Waals surface area (Å²) in [5, 5.41) is 11.6. The number of amides is 1. The van der Waals surface area contributed by atoms with Crippen molar-refractivity contribution in [2.45, 2.75) is 52.1 Å². The number of nitrogens with one attached hydrogen (secondary N) is 1. The van der Waals surface area contributed by atoms with Crippen molar-refractivity contribution in [1.82, 2.24) is 5.32 Å². The van der Waals surface area contributed by atoms with Crippen LogP contribution < -0.4 is 5.32 Å². The van der Waals surface area contributed by atoms with Crippen LogP contribution >= 0.6 is 0 Å². The van der Waals surface area contributed by atoms with Gasteiger partial charge in [0.2, 0.25) is 0 Å². The van der Waals surface area contributed by atoms with E-state index in [1.54, 1.807) is 0 Å². The summed E-state index contributed by atoms with van der Waals surface area (Å²) in [6, 6.07) is 0. The van der Waals surface area contributed by atoms with Crippen molar-refractivity contribution in [2.75, 3.05) is 13.2 Å². The van der Waals surface area contributed by atoms with Crippen LogP contribution in [0, 0.1) is 11.8 Å². The van der Waals surface area contributed by atoms with Crippen LogP contribution in [0.4, 0.5) is 4.79 Å². The first-order valence-corrected chi connectivity index (χ1v) is 7.15. The number of carbonyl (C=O) groups excluding carboxylic acids is 1. The molecular weight excluding hydrogens is 242 g/mol. The maximum atomic E-state index is 11.5. The minimum atomic E-state index is -0.434. The second-order valence-electron chi connectivity index (χ2n) is 6.27. The van der Waals surface area contributed by atoms with E-state index in [4.69, 9.17) is 9.84 Å². The van der Waals surface area contributed by atoms with Crippen molar-refractivity contribution in [3.05, 3.63) is 12.2 Å². The van der Waals surface area contributed by atoms with Gasteiger partial charge < -0.3 is 15.2 Å². The zero-order valence-electron chi connectivity index (χ0n) is 12.3. The van der Waals surface area contributed by atoms with E-state index in [1.807, 2.05) is 26.8 Å². The highest BCUT2D eigenvalue weighted by Gasteiger charge is 2.21. The summed E-state index contributed by atoms with van der Waals surface area (Å²) in [7, 11) is 0. The summed E-state index contributed by atoms with van der Waals surface area (Å²) in [5.74, 6) is 1.14. The minimum absolute atomic E-state index is 0.125. The maximum Gasteiger partial charge on any atom is 0.407 e. The summed E-state index contributed by atoms with van der Waals surface area (Å²) in [4.78, 5) is 11.5. The van der Waals surface area contributed by atoms with Crippen LogP contribution in [0.2, 0.25) is 0 Å². The van der Waals surface area contributed by atoms with Gasteiger partial charge in [0.1, 0.15) is 5.60 Å². The zero-order valence-corrected chi connectivity index (χ0v) is 12.3. The molecule has 0 aromatic heterocycles. The smallest absolute Gasteiger partial charge is 0.407 e. The quantitative estimate of drug-likeness (QED) is 0.772. The molecule has 110 valence electrons. The molecule has 4 nitrogen and oxygen atoms in total. The molecule has 1 saturated carbocycles. The van der Waals surface area contributed by atoms with Crippen molar-refractivity contribution in [3.8, 4) is 0 Å². The lowest BCUT2D eigenvalue weighted by Crippen LogP contribution is -2.36. The number of alkyl carbamates (subject to hydrolysis) is 1. The molecule has 1 amide bonds. The fourth-order valence-corrected chi connectivity index (χ4v) is 2.38. The number of ether oxygens (including phenoxy) is 1. The zero-order chi connectivity index (χ0) is 14.3.